The van der Waals surface area contributed by atoms with Gasteiger partial charge in [0.15, 0.2) is 0 Å². The van der Waals surface area contributed by atoms with E-state index < -0.39 is 0 Å². The Morgan fingerprint density at radius 2 is 1.80 bits per heavy atom. The summed E-state index contributed by atoms with van der Waals surface area (Å²) in [5, 5.41) is 3.02. The molecule has 1 saturated carbocycles. The third-order valence-electron chi connectivity index (χ3n) is 6.60. The van der Waals surface area contributed by atoms with E-state index in [9.17, 15) is 4.79 Å². The van der Waals surface area contributed by atoms with Gasteiger partial charge in [-0.1, -0.05) is 36.8 Å². The Bertz CT molecular complexity index is 938. The average molecular weight is 406 g/mol. The monoisotopic (exact) mass is 405 g/mol. The molecule has 0 saturated heterocycles. The molecule has 158 valence electrons. The van der Waals surface area contributed by atoms with Gasteiger partial charge in [-0.2, -0.15) is 0 Å². The van der Waals surface area contributed by atoms with Crippen LogP contribution < -0.4 is 10.1 Å². The van der Waals surface area contributed by atoms with Gasteiger partial charge in [-0.3, -0.25) is 4.79 Å². The molecular formula is C26H33N2O2+. The summed E-state index contributed by atoms with van der Waals surface area (Å²) < 4.78 is 6.86. The van der Waals surface area contributed by atoms with Crippen LogP contribution in [0.1, 0.15) is 48.8 Å². The minimum absolute atomic E-state index is 0.103. The first-order valence-corrected chi connectivity index (χ1v) is 11.1. The van der Waals surface area contributed by atoms with Crippen LogP contribution in [0.2, 0.25) is 0 Å². The van der Waals surface area contributed by atoms with Crippen molar-refractivity contribution < 1.29 is 14.0 Å². The van der Waals surface area contributed by atoms with E-state index in [1.54, 1.807) is 0 Å². The van der Waals surface area contributed by atoms with E-state index in [4.69, 9.17) is 4.74 Å². The van der Waals surface area contributed by atoms with E-state index in [0.717, 1.165) is 39.6 Å². The summed E-state index contributed by atoms with van der Waals surface area (Å²) in [5.41, 5.74) is 4.83. The smallest absolute Gasteiger partial charge is 0.255 e. The Kier molecular flexibility index (Phi) is 5.96. The number of fused-ring (bicyclic) bond motifs is 1. The zero-order chi connectivity index (χ0) is 21.1. The lowest BCUT2D eigenvalue weighted by Crippen LogP contribution is -2.48. The fraction of sp³-hybridized carbons (Fsp3) is 0.423. The van der Waals surface area contributed by atoms with Crippen LogP contribution in [0.15, 0.2) is 48.0 Å². The highest BCUT2D eigenvalue weighted by atomic mass is 16.5. The SMILES string of the molecule is Cc1cccc2c1OCC(C(=O)Nc1ccc(C[N+](C)(C)C3CCCCC3)cc1)=C2. The molecule has 4 heteroatoms. The van der Waals surface area contributed by atoms with Crippen LogP contribution in [0.3, 0.4) is 0 Å². The molecule has 1 fully saturated rings. The Morgan fingerprint density at radius 1 is 1.07 bits per heavy atom. The van der Waals surface area contributed by atoms with E-state index >= 15 is 0 Å². The molecule has 1 aliphatic carbocycles. The van der Waals surface area contributed by atoms with Crippen molar-refractivity contribution in [2.45, 2.75) is 51.6 Å². The Hall–Kier alpha value is -2.59. The normalized spacial score (nSPS) is 17.0. The Morgan fingerprint density at radius 3 is 2.53 bits per heavy atom. The number of hydrogen-bond acceptors (Lipinski definition) is 2. The van der Waals surface area contributed by atoms with Gasteiger partial charge in [0.05, 0.1) is 25.7 Å². The van der Waals surface area contributed by atoms with Crippen molar-refractivity contribution in [3.05, 3.63) is 64.7 Å². The minimum atomic E-state index is -0.103. The van der Waals surface area contributed by atoms with Crippen molar-refractivity contribution in [2.24, 2.45) is 0 Å². The third kappa shape index (κ3) is 4.59. The van der Waals surface area contributed by atoms with Crippen LogP contribution in [0.4, 0.5) is 5.69 Å². The lowest BCUT2D eigenvalue weighted by Gasteiger charge is -2.40. The summed E-state index contributed by atoms with van der Waals surface area (Å²) in [4.78, 5) is 12.7. The number of amides is 1. The number of nitrogens with one attached hydrogen (secondary N) is 1. The number of aryl methyl sites for hydroxylation is 1. The number of carbonyl (C=O) groups excluding carboxylic acids is 1. The van der Waals surface area contributed by atoms with Gasteiger partial charge >= 0.3 is 0 Å². The molecule has 2 aliphatic rings. The average Bonchev–Trinajstić information content (AvgIpc) is 2.75. The number of nitrogens with zero attached hydrogens (tertiary/aromatic N) is 1. The second-order valence-corrected chi connectivity index (χ2v) is 9.33. The van der Waals surface area contributed by atoms with Crippen molar-refractivity contribution in [1.82, 2.24) is 0 Å². The molecule has 1 heterocycles. The molecule has 2 aromatic carbocycles. The number of ether oxygens (including phenoxy) is 1. The first kappa shape index (κ1) is 20.7. The summed E-state index contributed by atoms with van der Waals surface area (Å²) in [6.45, 7) is 3.34. The first-order valence-electron chi connectivity index (χ1n) is 11.1. The minimum Gasteiger partial charge on any atom is -0.488 e. The maximum atomic E-state index is 12.7. The fourth-order valence-corrected chi connectivity index (χ4v) is 4.78. The number of benzene rings is 2. The van der Waals surface area contributed by atoms with Gasteiger partial charge in [-0.05, 0) is 56.4 Å². The topological polar surface area (TPSA) is 38.3 Å². The van der Waals surface area contributed by atoms with E-state index in [-0.39, 0.29) is 5.91 Å². The molecule has 0 aromatic heterocycles. The van der Waals surface area contributed by atoms with Crippen molar-refractivity contribution in [1.29, 1.82) is 0 Å². The second-order valence-electron chi connectivity index (χ2n) is 9.33. The Labute approximate surface area is 180 Å². The molecule has 2 aromatic rings. The fourth-order valence-electron chi connectivity index (χ4n) is 4.78. The molecule has 4 rings (SSSR count). The zero-order valence-corrected chi connectivity index (χ0v) is 18.4. The van der Waals surface area contributed by atoms with Gasteiger partial charge < -0.3 is 14.5 Å². The third-order valence-corrected chi connectivity index (χ3v) is 6.60. The summed E-state index contributed by atoms with van der Waals surface area (Å²) in [5.74, 6) is 0.769. The predicted octanol–water partition coefficient (Wildman–Crippen LogP) is 5.32. The van der Waals surface area contributed by atoms with Crippen LogP contribution in [-0.2, 0) is 11.3 Å². The Balaban J connectivity index is 1.39. The first-order chi connectivity index (χ1) is 14.4. The van der Waals surface area contributed by atoms with E-state index in [1.807, 2.05) is 43.3 Å². The van der Waals surface area contributed by atoms with Gasteiger partial charge in [0, 0.05) is 16.8 Å². The van der Waals surface area contributed by atoms with Gasteiger partial charge in [-0.25, -0.2) is 0 Å². The summed E-state index contributed by atoms with van der Waals surface area (Å²) >= 11 is 0. The molecule has 1 aliphatic heterocycles. The molecule has 4 nitrogen and oxygen atoms in total. The molecule has 0 bridgehead atoms. The quantitative estimate of drug-likeness (QED) is 0.684. The van der Waals surface area contributed by atoms with Crippen LogP contribution in [-0.4, -0.2) is 37.1 Å². The number of para-hydroxylation sites is 1. The second kappa shape index (κ2) is 8.65. The van der Waals surface area contributed by atoms with Gasteiger partial charge in [0.25, 0.3) is 5.91 Å². The maximum absolute atomic E-state index is 12.7. The lowest BCUT2D eigenvalue weighted by atomic mass is 9.92. The van der Waals surface area contributed by atoms with Crippen LogP contribution >= 0.6 is 0 Å². The molecular weight excluding hydrogens is 372 g/mol. The number of anilines is 1. The van der Waals surface area contributed by atoms with E-state index in [2.05, 4.69) is 31.5 Å². The molecule has 30 heavy (non-hydrogen) atoms. The van der Waals surface area contributed by atoms with Gasteiger partial charge in [0.1, 0.15) is 18.9 Å². The predicted molar refractivity (Wildman–Crippen MR) is 122 cm³/mol. The number of carbonyl (C=O) groups is 1. The van der Waals surface area contributed by atoms with Crippen molar-refractivity contribution >= 4 is 17.7 Å². The zero-order valence-electron chi connectivity index (χ0n) is 18.4. The standard InChI is InChI=1S/C26H32N2O2/c1-19-8-7-9-21-16-22(18-30-25(19)21)26(29)27-23-14-12-20(13-15-23)17-28(2,3)24-10-5-4-6-11-24/h7-9,12-16,24H,4-6,10-11,17-18H2,1-3H3/p+1. The molecule has 0 unspecified atom stereocenters. The molecule has 1 amide bonds. The van der Waals surface area contributed by atoms with Crippen LogP contribution in [0, 0.1) is 6.92 Å². The van der Waals surface area contributed by atoms with Gasteiger partial charge in [0.2, 0.25) is 0 Å². The summed E-state index contributed by atoms with van der Waals surface area (Å²) in [6, 6.07) is 15.0. The van der Waals surface area contributed by atoms with Crippen molar-refractivity contribution in [3.63, 3.8) is 0 Å². The number of hydrogen-bond donors (Lipinski definition) is 1. The van der Waals surface area contributed by atoms with Crippen LogP contribution in [0.5, 0.6) is 5.75 Å². The van der Waals surface area contributed by atoms with Gasteiger partial charge in [-0.15, -0.1) is 0 Å². The lowest BCUT2D eigenvalue weighted by molar-refractivity contribution is -0.929. The largest absolute Gasteiger partial charge is 0.488 e. The summed E-state index contributed by atoms with van der Waals surface area (Å²) in [6.07, 6.45) is 8.71. The molecule has 0 radical (unpaired) electrons. The van der Waals surface area contributed by atoms with Crippen molar-refractivity contribution in [3.8, 4) is 5.75 Å². The van der Waals surface area contributed by atoms with E-state index in [0.29, 0.717) is 12.2 Å². The highest BCUT2D eigenvalue weighted by molar-refractivity contribution is 6.07. The van der Waals surface area contributed by atoms with Crippen LogP contribution in [0.25, 0.3) is 6.08 Å². The molecule has 0 atom stereocenters. The highest BCUT2D eigenvalue weighted by Gasteiger charge is 2.29. The summed E-state index contributed by atoms with van der Waals surface area (Å²) in [7, 11) is 4.70. The van der Waals surface area contributed by atoms with E-state index in [1.165, 1.54) is 37.7 Å². The number of rotatable bonds is 5. The number of quaternary nitrogens is 1. The molecule has 0 spiro atoms. The maximum Gasteiger partial charge on any atom is 0.255 e. The van der Waals surface area contributed by atoms with Crippen molar-refractivity contribution in [2.75, 3.05) is 26.0 Å². The highest BCUT2D eigenvalue weighted by Crippen LogP contribution is 2.30. The molecule has 1 N–H and O–H groups in total.